The SMILES string of the molecule is O=C1N=C2C=CC=CC2S/C1=C/c1ccc(C(=O)NCCN2CCOCC2)cc1. The van der Waals surface area contributed by atoms with Gasteiger partial charge in [-0.15, -0.1) is 11.8 Å². The number of aliphatic imine (C=N–C) groups is 1. The summed E-state index contributed by atoms with van der Waals surface area (Å²) in [5, 5.41) is 3.04. The van der Waals surface area contributed by atoms with Gasteiger partial charge in [0.2, 0.25) is 0 Å². The van der Waals surface area contributed by atoms with Crippen LogP contribution in [0.15, 0.2) is 58.5 Å². The topological polar surface area (TPSA) is 71.0 Å². The molecule has 0 spiro atoms. The minimum absolute atomic E-state index is 0.0838. The molecule has 1 N–H and O–H groups in total. The van der Waals surface area contributed by atoms with Crippen molar-refractivity contribution in [3.63, 3.8) is 0 Å². The van der Waals surface area contributed by atoms with Crippen LogP contribution < -0.4 is 5.32 Å². The summed E-state index contributed by atoms with van der Waals surface area (Å²) in [7, 11) is 0. The molecule has 150 valence electrons. The second-order valence-corrected chi connectivity index (χ2v) is 8.15. The summed E-state index contributed by atoms with van der Waals surface area (Å²) in [4.78, 5) is 31.7. The highest BCUT2D eigenvalue weighted by Crippen LogP contribution is 2.32. The highest BCUT2D eigenvalue weighted by molar-refractivity contribution is 8.05. The van der Waals surface area contributed by atoms with Crippen LogP contribution in [0, 0.1) is 0 Å². The van der Waals surface area contributed by atoms with Gasteiger partial charge >= 0.3 is 0 Å². The summed E-state index contributed by atoms with van der Waals surface area (Å²) in [6.45, 7) is 4.77. The summed E-state index contributed by atoms with van der Waals surface area (Å²) < 4.78 is 5.33. The van der Waals surface area contributed by atoms with E-state index < -0.39 is 0 Å². The van der Waals surface area contributed by atoms with E-state index in [1.807, 2.05) is 42.5 Å². The first-order chi connectivity index (χ1) is 14.2. The summed E-state index contributed by atoms with van der Waals surface area (Å²) in [6.07, 6.45) is 9.60. The van der Waals surface area contributed by atoms with Gasteiger partial charge in [0.25, 0.3) is 11.8 Å². The fourth-order valence-electron chi connectivity index (χ4n) is 3.30. The van der Waals surface area contributed by atoms with E-state index in [1.54, 1.807) is 12.1 Å². The van der Waals surface area contributed by atoms with Gasteiger partial charge in [0.15, 0.2) is 0 Å². The average Bonchev–Trinajstić information content (AvgIpc) is 2.75. The average molecular weight is 410 g/mol. The molecule has 2 heterocycles. The number of amides is 2. The van der Waals surface area contributed by atoms with Crippen molar-refractivity contribution in [1.82, 2.24) is 10.2 Å². The minimum atomic E-state index is -0.217. The molecule has 2 aliphatic heterocycles. The van der Waals surface area contributed by atoms with Crippen molar-refractivity contribution in [3.05, 3.63) is 64.6 Å². The monoisotopic (exact) mass is 409 g/mol. The maximum atomic E-state index is 12.3. The van der Waals surface area contributed by atoms with Crippen molar-refractivity contribution < 1.29 is 14.3 Å². The highest BCUT2D eigenvalue weighted by Gasteiger charge is 2.25. The zero-order valence-electron chi connectivity index (χ0n) is 16.0. The maximum absolute atomic E-state index is 12.3. The van der Waals surface area contributed by atoms with Crippen LogP contribution >= 0.6 is 11.8 Å². The number of nitrogens with zero attached hydrogens (tertiary/aromatic N) is 2. The van der Waals surface area contributed by atoms with Gasteiger partial charge in [0.05, 0.1) is 29.1 Å². The molecule has 1 saturated heterocycles. The van der Waals surface area contributed by atoms with E-state index in [4.69, 9.17) is 4.74 Å². The standard InChI is InChI=1S/C22H23N3O3S/c26-21(23-9-10-25-11-13-28-14-12-25)17-7-5-16(6-8-17)15-20-22(27)24-18-3-1-2-4-19(18)29-20/h1-8,15,19H,9-14H2,(H,23,26)/b20-15+. The number of hydrogen-bond donors (Lipinski definition) is 1. The van der Waals surface area contributed by atoms with Gasteiger partial charge in [-0.05, 0) is 29.8 Å². The second kappa shape index (κ2) is 9.35. The van der Waals surface area contributed by atoms with Crippen LogP contribution in [0.2, 0.25) is 0 Å². The third-order valence-electron chi connectivity index (χ3n) is 4.94. The molecule has 1 aliphatic carbocycles. The molecular formula is C22H23N3O3S. The number of hydrogen-bond acceptors (Lipinski definition) is 5. The van der Waals surface area contributed by atoms with E-state index in [9.17, 15) is 9.59 Å². The number of fused-ring (bicyclic) bond motifs is 1. The molecule has 2 amide bonds. The molecule has 1 aromatic carbocycles. The predicted molar refractivity (Wildman–Crippen MR) is 116 cm³/mol. The minimum Gasteiger partial charge on any atom is -0.379 e. The molecule has 1 aromatic rings. The van der Waals surface area contributed by atoms with Crippen molar-refractivity contribution >= 4 is 35.4 Å². The van der Waals surface area contributed by atoms with E-state index in [0.29, 0.717) is 17.0 Å². The molecule has 1 fully saturated rings. The Balaban J connectivity index is 1.34. The van der Waals surface area contributed by atoms with Crippen molar-refractivity contribution in [2.75, 3.05) is 39.4 Å². The fourth-order valence-corrected chi connectivity index (χ4v) is 4.35. The second-order valence-electron chi connectivity index (χ2n) is 6.96. The molecule has 1 unspecified atom stereocenters. The number of nitrogens with one attached hydrogen (secondary N) is 1. The summed E-state index contributed by atoms with van der Waals surface area (Å²) in [5.41, 5.74) is 2.28. The number of ether oxygens (including phenoxy) is 1. The zero-order valence-corrected chi connectivity index (χ0v) is 16.9. The summed E-state index contributed by atoms with van der Waals surface area (Å²) in [6, 6.07) is 7.28. The number of allylic oxidation sites excluding steroid dienone is 3. The normalized spacial score (nSPS) is 23.0. The van der Waals surface area contributed by atoms with Crippen molar-refractivity contribution in [2.24, 2.45) is 4.99 Å². The van der Waals surface area contributed by atoms with Crippen LogP contribution in [0.25, 0.3) is 6.08 Å². The van der Waals surface area contributed by atoms with Crippen LogP contribution in [0.3, 0.4) is 0 Å². The van der Waals surface area contributed by atoms with E-state index in [2.05, 4.69) is 15.2 Å². The Morgan fingerprint density at radius 3 is 2.83 bits per heavy atom. The van der Waals surface area contributed by atoms with Gasteiger partial charge in [0, 0.05) is 31.7 Å². The van der Waals surface area contributed by atoms with E-state index in [1.165, 1.54) is 11.8 Å². The third-order valence-corrected chi connectivity index (χ3v) is 6.14. The van der Waals surface area contributed by atoms with Gasteiger partial charge in [-0.1, -0.05) is 30.4 Å². The van der Waals surface area contributed by atoms with Crippen molar-refractivity contribution in [1.29, 1.82) is 0 Å². The predicted octanol–water partition coefficient (Wildman–Crippen LogP) is 2.30. The molecule has 0 radical (unpaired) electrons. The van der Waals surface area contributed by atoms with E-state index in [-0.39, 0.29) is 17.1 Å². The Kier molecular flexibility index (Phi) is 6.39. The number of thioether (sulfide) groups is 1. The number of benzene rings is 1. The lowest BCUT2D eigenvalue weighted by Crippen LogP contribution is -2.41. The summed E-state index contributed by atoms with van der Waals surface area (Å²) in [5.74, 6) is -0.305. The van der Waals surface area contributed by atoms with Crippen LogP contribution in [0.1, 0.15) is 15.9 Å². The van der Waals surface area contributed by atoms with E-state index in [0.717, 1.165) is 44.1 Å². The van der Waals surface area contributed by atoms with Crippen molar-refractivity contribution in [2.45, 2.75) is 5.25 Å². The Hall–Kier alpha value is -2.48. The third kappa shape index (κ3) is 5.12. The van der Waals surface area contributed by atoms with Gasteiger partial charge in [-0.25, -0.2) is 4.99 Å². The molecule has 29 heavy (non-hydrogen) atoms. The smallest absolute Gasteiger partial charge is 0.283 e. The molecular weight excluding hydrogens is 386 g/mol. The van der Waals surface area contributed by atoms with Crippen LogP contribution in [0.5, 0.6) is 0 Å². The number of carbonyl (C=O) groups excluding carboxylic acids is 2. The Morgan fingerprint density at radius 2 is 2.03 bits per heavy atom. The molecule has 0 bridgehead atoms. The Bertz CT molecular complexity index is 896. The lowest BCUT2D eigenvalue weighted by Gasteiger charge is -2.26. The molecule has 1 atom stereocenters. The zero-order chi connectivity index (χ0) is 20.1. The van der Waals surface area contributed by atoms with Crippen LogP contribution in [-0.4, -0.2) is 67.1 Å². The van der Waals surface area contributed by atoms with Crippen LogP contribution in [0.4, 0.5) is 0 Å². The molecule has 4 rings (SSSR count). The van der Waals surface area contributed by atoms with Crippen molar-refractivity contribution in [3.8, 4) is 0 Å². The number of morpholine rings is 1. The van der Waals surface area contributed by atoms with Gasteiger partial charge in [-0.2, -0.15) is 0 Å². The Morgan fingerprint density at radius 1 is 1.24 bits per heavy atom. The van der Waals surface area contributed by atoms with Gasteiger partial charge in [0.1, 0.15) is 0 Å². The van der Waals surface area contributed by atoms with Gasteiger partial charge < -0.3 is 10.1 Å². The van der Waals surface area contributed by atoms with Gasteiger partial charge in [-0.3, -0.25) is 14.5 Å². The first-order valence-electron chi connectivity index (χ1n) is 9.73. The maximum Gasteiger partial charge on any atom is 0.283 e. The molecule has 3 aliphatic rings. The first-order valence-corrected chi connectivity index (χ1v) is 10.6. The highest BCUT2D eigenvalue weighted by atomic mass is 32.2. The fraction of sp³-hybridized carbons (Fsp3) is 0.318. The quantitative estimate of drug-likeness (QED) is 0.756. The first kappa shape index (κ1) is 19.8. The Labute approximate surface area is 174 Å². The molecule has 6 nitrogen and oxygen atoms in total. The molecule has 7 heteroatoms. The lowest BCUT2D eigenvalue weighted by atomic mass is 10.1. The number of carbonyl (C=O) groups is 2. The summed E-state index contributed by atoms with van der Waals surface area (Å²) >= 11 is 1.50. The van der Waals surface area contributed by atoms with Crippen LogP contribution in [-0.2, 0) is 9.53 Å². The lowest BCUT2D eigenvalue weighted by molar-refractivity contribution is -0.113. The number of rotatable bonds is 5. The largest absolute Gasteiger partial charge is 0.379 e. The molecule has 0 aromatic heterocycles. The molecule has 0 saturated carbocycles. The van der Waals surface area contributed by atoms with E-state index >= 15 is 0 Å².